The molecule has 0 atom stereocenters. The number of nitrogens with one attached hydrogen (secondary N) is 1. The average molecular weight is 465 g/mol. The fourth-order valence-electron chi connectivity index (χ4n) is 4.33. The lowest BCUT2D eigenvalue weighted by Gasteiger charge is -2.24. The van der Waals surface area contributed by atoms with Crippen LogP contribution < -0.4 is 5.56 Å². The lowest BCUT2D eigenvalue weighted by Crippen LogP contribution is -2.33. The van der Waals surface area contributed by atoms with Crippen LogP contribution in [0.15, 0.2) is 68.9 Å². The zero-order chi connectivity index (χ0) is 23.8. The SMILES string of the molecule is CCc1ccc2[nH]c(=O)c(CN(Cc3ccco3)S(=O)(=O)c3c(C)cc(C)cc3C)cc2c1. The lowest BCUT2D eigenvalue weighted by molar-refractivity contribution is 0.357. The molecule has 0 aliphatic heterocycles. The fraction of sp³-hybridized carbons (Fsp3) is 0.269. The maximum atomic E-state index is 13.9. The summed E-state index contributed by atoms with van der Waals surface area (Å²) in [4.78, 5) is 16.0. The molecule has 2 aromatic heterocycles. The number of sulfonamides is 1. The normalized spacial score (nSPS) is 12.0. The maximum absolute atomic E-state index is 13.9. The van der Waals surface area contributed by atoms with Crippen LogP contribution in [-0.2, 0) is 29.5 Å². The minimum atomic E-state index is -3.92. The van der Waals surface area contributed by atoms with Gasteiger partial charge in [0.05, 0.1) is 17.7 Å². The van der Waals surface area contributed by atoms with Crippen molar-refractivity contribution in [1.29, 1.82) is 0 Å². The van der Waals surface area contributed by atoms with Gasteiger partial charge in [-0.1, -0.05) is 30.7 Å². The Balaban J connectivity index is 1.82. The summed E-state index contributed by atoms with van der Waals surface area (Å²) >= 11 is 0. The van der Waals surface area contributed by atoms with Crippen LogP contribution in [0.2, 0.25) is 0 Å². The van der Waals surface area contributed by atoms with E-state index in [1.54, 1.807) is 32.0 Å². The second kappa shape index (κ2) is 9.00. The van der Waals surface area contributed by atoms with Gasteiger partial charge in [-0.05, 0) is 79.6 Å². The zero-order valence-electron chi connectivity index (χ0n) is 19.3. The number of furan rings is 1. The van der Waals surface area contributed by atoms with E-state index in [0.29, 0.717) is 22.5 Å². The molecule has 0 unspecified atom stereocenters. The highest BCUT2D eigenvalue weighted by molar-refractivity contribution is 7.89. The van der Waals surface area contributed by atoms with Gasteiger partial charge in [0.15, 0.2) is 0 Å². The lowest BCUT2D eigenvalue weighted by atomic mass is 10.1. The maximum Gasteiger partial charge on any atom is 0.252 e. The summed E-state index contributed by atoms with van der Waals surface area (Å²) in [6.07, 6.45) is 2.38. The average Bonchev–Trinajstić information content (AvgIpc) is 3.25. The molecule has 172 valence electrons. The molecule has 0 saturated heterocycles. The molecule has 0 aliphatic rings. The van der Waals surface area contributed by atoms with E-state index in [2.05, 4.69) is 11.9 Å². The van der Waals surface area contributed by atoms with Crippen molar-refractivity contribution in [3.05, 3.63) is 98.7 Å². The zero-order valence-corrected chi connectivity index (χ0v) is 20.1. The molecule has 4 aromatic rings. The van der Waals surface area contributed by atoms with E-state index in [1.807, 2.05) is 37.3 Å². The Bertz CT molecular complexity index is 1450. The Morgan fingerprint density at radius 1 is 0.970 bits per heavy atom. The second-order valence-corrected chi connectivity index (χ2v) is 10.4. The number of aryl methyl sites for hydroxylation is 4. The number of fused-ring (bicyclic) bond motifs is 1. The summed E-state index contributed by atoms with van der Waals surface area (Å²) in [5.41, 5.74) is 4.31. The number of aromatic nitrogens is 1. The number of hydrogen-bond acceptors (Lipinski definition) is 4. The van der Waals surface area contributed by atoms with E-state index in [4.69, 9.17) is 4.42 Å². The van der Waals surface area contributed by atoms with Crippen molar-refractivity contribution in [1.82, 2.24) is 9.29 Å². The first-order valence-electron chi connectivity index (χ1n) is 10.9. The standard InChI is InChI=1S/C26H28N2O4S/c1-5-20-8-9-24-21(13-20)14-22(26(29)27-24)15-28(16-23-7-6-10-32-23)33(30,31)25-18(3)11-17(2)12-19(25)4/h6-14H,5,15-16H2,1-4H3,(H,27,29). The van der Waals surface area contributed by atoms with Gasteiger partial charge in [-0.3, -0.25) is 4.79 Å². The third-order valence-corrected chi connectivity index (χ3v) is 7.95. The van der Waals surface area contributed by atoms with Crippen molar-refractivity contribution in [2.75, 3.05) is 0 Å². The molecule has 6 nitrogen and oxygen atoms in total. The third kappa shape index (κ3) is 4.65. The highest BCUT2D eigenvalue weighted by Crippen LogP contribution is 2.28. The summed E-state index contributed by atoms with van der Waals surface area (Å²) < 4.78 is 34.5. The number of hydrogen-bond donors (Lipinski definition) is 1. The quantitative estimate of drug-likeness (QED) is 0.417. The highest BCUT2D eigenvalue weighted by atomic mass is 32.2. The van der Waals surface area contributed by atoms with Crippen molar-refractivity contribution < 1.29 is 12.8 Å². The van der Waals surface area contributed by atoms with Crippen LogP contribution in [0, 0.1) is 20.8 Å². The molecule has 2 heterocycles. The van der Waals surface area contributed by atoms with E-state index < -0.39 is 10.0 Å². The molecule has 33 heavy (non-hydrogen) atoms. The molecule has 0 saturated carbocycles. The smallest absolute Gasteiger partial charge is 0.252 e. The monoisotopic (exact) mass is 464 g/mol. The molecule has 0 bridgehead atoms. The molecule has 0 radical (unpaired) electrons. The van der Waals surface area contributed by atoms with Crippen LogP contribution in [0.4, 0.5) is 0 Å². The largest absolute Gasteiger partial charge is 0.468 e. The minimum Gasteiger partial charge on any atom is -0.468 e. The topological polar surface area (TPSA) is 83.4 Å². The van der Waals surface area contributed by atoms with Crippen LogP contribution in [-0.4, -0.2) is 17.7 Å². The second-order valence-electron chi connectivity index (χ2n) is 8.48. The third-order valence-electron chi connectivity index (χ3n) is 5.86. The molecule has 0 amide bonds. The summed E-state index contributed by atoms with van der Waals surface area (Å²) in [6.45, 7) is 7.56. The van der Waals surface area contributed by atoms with E-state index >= 15 is 0 Å². The van der Waals surface area contributed by atoms with E-state index in [0.717, 1.165) is 28.5 Å². The molecule has 0 fully saturated rings. The van der Waals surface area contributed by atoms with Gasteiger partial charge in [0.2, 0.25) is 10.0 Å². The fourth-order valence-corrected chi connectivity index (χ4v) is 6.13. The summed E-state index contributed by atoms with van der Waals surface area (Å²) in [6, 6.07) is 14.8. The molecule has 0 aliphatic carbocycles. The Labute approximate surface area is 193 Å². The van der Waals surface area contributed by atoms with Gasteiger partial charge in [-0.2, -0.15) is 4.31 Å². The Kier molecular flexibility index (Phi) is 6.28. The Hall–Kier alpha value is -3.16. The number of H-pyrrole nitrogens is 1. The van der Waals surface area contributed by atoms with Gasteiger partial charge in [-0.25, -0.2) is 8.42 Å². The van der Waals surface area contributed by atoms with Crippen molar-refractivity contribution in [2.24, 2.45) is 0 Å². The summed E-state index contributed by atoms with van der Waals surface area (Å²) in [5, 5.41) is 0.877. The van der Waals surface area contributed by atoms with Crippen molar-refractivity contribution in [2.45, 2.75) is 52.1 Å². The number of benzene rings is 2. The Morgan fingerprint density at radius 2 is 1.70 bits per heavy atom. The van der Waals surface area contributed by atoms with Gasteiger partial charge in [0, 0.05) is 17.6 Å². The first kappa shape index (κ1) is 23.0. The molecule has 2 aromatic carbocycles. The van der Waals surface area contributed by atoms with E-state index in [9.17, 15) is 13.2 Å². The van der Waals surface area contributed by atoms with Crippen LogP contribution in [0.3, 0.4) is 0 Å². The highest BCUT2D eigenvalue weighted by Gasteiger charge is 2.29. The van der Waals surface area contributed by atoms with Gasteiger partial charge in [0.1, 0.15) is 5.76 Å². The number of rotatable bonds is 7. The van der Waals surface area contributed by atoms with Gasteiger partial charge in [-0.15, -0.1) is 0 Å². The number of nitrogens with zero attached hydrogens (tertiary/aromatic N) is 1. The predicted molar refractivity (Wildman–Crippen MR) is 130 cm³/mol. The molecule has 7 heteroatoms. The number of aromatic amines is 1. The molecule has 4 rings (SSSR count). The number of pyridine rings is 1. The van der Waals surface area contributed by atoms with E-state index in [-0.39, 0.29) is 23.5 Å². The van der Waals surface area contributed by atoms with Crippen molar-refractivity contribution >= 4 is 20.9 Å². The van der Waals surface area contributed by atoms with Gasteiger partial charge in [0.25, 0.3) is 5.56 Å². The molecular formula is C26H28N2O4S. The van der Waals surface area contributed by atoms with Gasteiger partial charge < -0.3 is 9.40 Å². The Morgan fingerprint density at radius 3 is 2.33 bits per heavy atom. The van der Waals surface area contributed by atoms with E-state index in [1.165, 1.54) is 10.6 Å². The van der Waals surface area contributed by atoms with Crippen LogP contribution in [0.1, 0.15) is 40.5 Å². The molecular weight excluding hydrogens is 436 g/mol. The summed E-state index contributed by atoms with van der Waals surface area (Å²) in [5.74, 6) is 0.506. The molecule has 1 N–H and O–H groups in total. The van der Waals surface area contributed by atoms with Crippen molar-refractivity contribution in [3.63, 3.8) is 0 Å². The van der Waals surface area contributed by atoms with Crippen LogP contribution in [0.25, 0.3) is 10.9 Å². The predicted octanol–water partition coefficient (Wildman–Crippen LogP) is 5.00. The first-order chi connectivity index (χ1) is 15.7. The van der Waals surface area contributed by atoms with Crippen molar-refractivity contribution in [3.8, 4) is 0 Å². The van der Waals surface area contributed by atoms with Crippen LogP contribution >= 0.6 is 0 Å². The molecule has 0 spiro atoms. The van der Waals surface area contributed by atoms with Crippen LogP contribution in [0.5, 0.6) is 0 Å². The minimum absolute atomic E-state index is 0.0224. The summed E-state index contributed by atoms with van der Waals surface area (Å²) in [7, 11) is -3.92. The van der Waals surface area contributed by atoms with Gasteiger partial charge >= 0.3 is 0 Å². The first-order valence-corrected chi connectivity index (χ1v) is 12.4.